The van der Waals surface area contributed by atoms with Crippen molar-refractivity contribution in [3.05, 3.63) is 12.2 Å². The summed E-state index contributed by atoms with van der Waals surface area (Å²) < 4.78 is 0. The minimum absolute atomic E-state index is 0.389. The number of allylic oxidation sites excluding steroid dienone is 2. The molecule has 9 heavy (non-hydrogen) atoms. The second kappa shape index (κ2) is 4.85. The highest BCUT2D eigenvalue weighted by Gasteiger charge is 1.84. The van der Waals surface area contributed by atoms with Gasteiger partial charge < -0.3 is 5.43 Å². The predicted octanol–water partition coefficient (Wildman–Crippen LogP) is 0.661. The third-order valence-electron chi connectivity index (χ3n) is 0.671. The van der Waals surface area contributed by atoms with Crippen LogP contribution in [0.5, 0.6) is 0 Å². The summed E-state index contributed by atoms with van der Waals surface area (Å²) in [7, 11) is 1.65. The normalized spacial score (nSPS) is 11.4. The minimum atomic E-state index is 0.389. The third kappa shape index (κ3) is 3.30. The van der Waals surface area contributed by atoms with Gasteiger partial charge in [-0.15, -0.1) is 0 Å². The number of hydrazone groups is 1. The zero-order valence-electron chi connectivity index (χ0n) is 5.55. The SMILES string of the molecule is C/C=C\C(C#N)=N/NC. The van der Waals surface area contributed by atoms with Gasteiger partial charge in [-0.3, -0.25) is 0 Å². The summed E-state index contributed by atoms with van der Waals surface area (Å²) in [6.45, 7) is 1.84. The Kier molecular flexibility index (Phi) is 4.15. The van der Waals surface area contributed by atoms with Crippen molar-refractivity contribution >= 4 is 5.71 Å². The van der Waals surface area contributed by atoms with Crippen LogP contribution < -0.4 is 5.43 Å². The Morgan fingerprint density at radius 3 is 2.78 bits per heavy atom. The molecule has 48 valence electrons. The fourth-order valence-corrected chi connectivity index (χ4v) is 0.378. The van der Waals surface area contributed by atoms with Crippen LogP contribution in [0.15, 0.2) is 17.3 Å². The van der Waals surface area contributed by atoms with Gasteiger partial charge in [0, 0.05) is 7.05 Å². The van der Waals surface area contributed by atoms with Crippen molar-refractivity contribution < 1.29 is 0 Å². The Morgan fingerprint density at radius 1 is 1.78 bits per heavy atom. The smallest absolute Gasteiger partial charge is 0.159 e. The van der Waals surface area contributed by atoms with E-state index in [0.717, 1.165) is 0 Å². The van der Waals surface area contributed by atoms with Crippen LogP contribution in [0, 0.1) is 11.3 Å². The first-order chi connectivity index (χ1) is 4.35. The monoisotopic (exact) mass is 123 g/mol. The average molecular weight is 123 g/mol. The van der Waals surface area contributed by atoms with Gasteiger partial charge in [-0.1, -0.05) is 6.08 Å². The van der Waals surface area contributed by atoms with E-state index >= 15 is 0 Å². The van der Waals surface area contributed by atoms with E-state index < -0.39 is 0 Å². The Labute approximate surface area is 54.7 Å². The lowest BCUT2D eigenvalue weighted by Crippen LogP contribution is -1.99. The molecule has 1 N–H and O–H groups in total. The molecule has 0 atom stereocenters. The molecule has 0 unspecified atom stereocenters. The molecule has 0 spiro atoms. The van der Waals surface area contributed by atoms with Gasteiger partial charge in [-0.05, 0) is 13.0 Å². The first-order valence-electron chi connectivity index (χ1n) is 2.62. The molecule has 0 rings (SSSR count). The van der Waals surface area contributed by atoms with Crippen molar-refractivity contribution in [1.29, 1.82) is 5.26 Å². The average Bonchev–Trinajstić information content (AvgIpc) is 1.88. The lowest BCUT2D eigenvalue weighted by atomic mass is 10.4. The van der Waals surface area contributed by atoms with Crippen LogP contribution in [-0.2, 0) is 0 Å². The Morgan fingerprint density at radius 2 is 2.44 bits per heavy atom. The first-order valence-corrected chi connectivity index (χ1v) is 2.62. The summed E-state index contributed by atoms with van der Waals surface area (Å²) in [5.74, 6) is 0. The highest BCUT2D eigenvalue weighted by atomic mass is 15.3. The molecule has 0 aliphatic heterocycles. The molecular weight excluding hydrogens is 114 g/mol. The second-order valence-electron chi connectivity index (χ2n) is 1.33. The highest BCUT2D eigenvalue weighted by Crippen LogP contribution is 1.76. The van der Waals surface area contributed by atoms with E-state index in [1.165, 1.54) is 0 Å². The van der Waals surface area contributed by atoms with Gasteiger partial charge in [0.25, 0.3) is 0 Å². The lowest BCUT2D eigenvalue weighted by Gasteiger charge is -1.85. The van der Waals surface area contributed by atoms with Crippen LogP contribution in [0.2, 0.25) is 0 Å². The summed E-state index contributed by atoms with van der Waals surface area (Å²) in [5.41, 5.74) is 2.91. The molecule has 0 aromatic carbocycles. The van der Waals surface area contributed by atoms with Crippen LogP contribution in [0.1, 0.15) is 6.92 Å². The molecule has 0 saturated carbocycles. The van der Waals surface area contributed by atoms with Gasteiger partial charge >= 0.3 is 0 Å². The predicted molar refractivity (Wildman–Crippen MR) is 36.9 cm³/mol. The third-order valence-corrected chi connectivity index (χ3v) is 0.671. The van der Waals surface area contributed by atoms with Crippen molar-refractivity contribution in [2.45, 2.75) is 6.92 Å². The number of hydrogen-bond acceptors (Lipinski definition) is 3. The number of nitrogens with zero attached hydrogens (tertiary/aromatic N) is 2. The minimum Gasteiger partial charge on any atom is -0.312 e. The van der Waals surface area contributed by atoms with E-state index in [4.69, 9.17) is 5.26 Å². The molecule has 0 fully saturated rings. The maximum absolute atomic E-state index is 8.32. The highest BCUT2D eigenvalue weighted by molar-refractivity contribution is 6.06. The Bertz CT molecular complexity index is 162. The molecule has 0 saturated heterocycles. The fourth-order valence-electron chi connectivity index (χ4n) is 0.378. The molecule has 0 amide bonds. The Balaban J connectivity index is 4.02. The molecule has 3 heteroatoms. The van der Waals surface area contributed by atoms with Gasteiger partial charge in [-0.25, -0.2) is 0 Å². The summed E-state index contributed by atoms with van der Waals surface area (Å²) in [6.07, 6.45) is 3.40. The van der Waals surface area contributed by atoms with Crippen LogP contribution in [-0.4, -0.2) is 12.8 Å². The quantitative estimate of drug-likeness (QED) is 0.433. The van der Waals surface area contributed by atoms with Crippen LogP contribution in [0.4, 0.5) is 0 Å². The van der Waals surface area contributed by atoms with E-state index in [-0.39, 0.29) is 0 Å². The Hall–Kier alpha value is -1.30. The van der Waals surface area contributed by atoms with Gasteiger partial charge in [-0.2, -0.15) is 10.4 Å². The first kappa shape index (κ1) is 7.70. The van der Waals surface area contributed by atoms with Crippen molar-refractivity contribution in [1.82, 2.24) is 5.43 Å². The van der Waals surface area contributed by atoms with Crippen LogP contribution >= 0.6 is 0 Å². The number of nitrogens with one attached hydrogen (secondary N) is 1. The van der Waals surface area contributed by atoms with Crippen LogP contribution in [0.25, 0.3) is 0 Å². The van der Waals surface area contributed by atoms with E-state index in [1.54, 1.807) is 19.2 Å². The van der Waals surface area contributed by atoms with Gasteiger partial charge in [0.2, 0.25) is 0 Å². The zero-order chi connectivity index (χ0) is 7.11. The van der Waals surface area contributed by atoms with Gasteiger partial charge in [0.15, 0.2) is 5.71 Å². The molecule has 0 bridgehead atoms. The fraction of sp³-hybridized carbons (Fsp3) is 0.333. The summed E-state index contributed by atoms with van der Waals surface area (Å²) in [4.78, 5) is 0. The van der Waals surface area contributed by atoms with Crippen molar-refractivity contribution in [3.63, 3.8) is 0 Å². The maximum Gasteiger partial charge on any atom is 0.159 e. The molecule has 3 nitrogen and oxygen atoms in total. The van der Waals surface area contributed by atoms with Gasteiger partial charge in [0.1, 0.15) is 6.07 Å². The molecule has 0 aromatic rings. The maximum atomic E-state index is 8.32. The number of hydrogen-bond donors (Lipinski definition) is 1. The molecule has 0 heterocycles. The topological polar surface area (TPSA) is 48.2 Å². The second-order valence-corrected chi connectivity index (χ2v) is 1.33. The van der Waals surface area contributed by atoms with Crippen molar-refractivity contribution in [2.75, 3.05) is 7.05 Å². The molecule has 0 aliphatic rings. The van der Waals surface area contributed by atoms with E-state index in [0.29, 0.717) is 5.71 Å². The van der Waals surface area contributed by atoms with E-state index in [2.05, 4.69) is 10.5 Å². The number of nitriles is 1. The van der Waals surface area contributed by atoms with E-state index in [1.807, 2.05) is 13.0 Å². The molecule has 0 radical (unpaired) electrons. The van der Waals surface area contributed by atoms with Crippen molar-refractivity contribution in [2.24, 2.45) is 5.10 Å². The zero-order valence-corrected chi connectivity index (χ0v) is 5.55. The number of rotatable bonds is 2. The largest absolute Gasteiger partial charge is 0.312 e. The van der Waals surface area contributed by atoms with E-state index in [9.17, 15) is 0 Å². The summed E-state index contributed by atoms with van der Waals surface area (Å²) in [5, 5.41) is 12.0. The lowest BCUT2D eigenvalue weighted by molar-refractivity contribution is 0.904. The molecular formula is C6H9N3. The summed E-state index contributed by atoms with van der Waals surface area (Å²) in [6, 6.07) is 1.90. The van der Waals surface area contributed by atoms with Crippen LogP contribution in [0.3, 0.4) is 0 Å². The standard InChI is InChI=1S/C6H9N3/c1-3-4-6(5-7)9-8-2/h3-4,8H,1-2H3/b4-3-,9-6+. The molecule has 0 aromatic heterocycles. The summed E-state index contributed by atoms with van der Waals surface area (Å²) >= 11 is 0. The molecule has 0 aliphatic carbocycles. The van der Waals surface area contributed by atoms with Gasteiger partial charge in [0.05, 0.1) is 0 Å². The van der Waals surface area contributed by atoms with Crippen molar-refractivity contribution in [3.8, 4) is 6.07 Å².